The molecule has 0 amide bonds. The smallest absolute Gasteiger partial charge is 0.0565 e. The van der Waals surface area contributed by atoms with Crippen LogP contribution in [0.1, 0.15) is 6.92 Å². The fourth-order valence-corrected chi connectivity index (χ4v) is 0.612. The third kappa shape index (κ3) is 3.19. The molecule has 0 aliphatic carbocycles. The number of halogens is 1. The molecule has 0 saturated heterocycles. The first-order chi connectivity index (χ1) is 4.22. The molecule has 0 spiro atoms. The van der Waals surface area contributed by atoms with Crippen molar-refractivity contribution >= 4 is 28.9 Å². The van der Waals surface area contributed by atoms with Gasteiger partial charge in [-0.25, -0.2) is 0 Å². The molecule has 2 nitrogen and oxygen atoms in total. The first kappa shape index (κ1) is 8.56. The third-order valence-corrected chi connectivity index (χ3v) is 1.60. The van der Waals surface area contributed by atoms with Crippen molar-refractivity contribution in [3.05, 3.63) is 10.2 Å². The third-order valence-electron chi connectivity index (χ3n) is 0.825. The molecule has 0 aromatic carbocycles. The highest BCUT2D eigenvalue weighted by Crippen LogP contribution is 2.08. The average Bonchev–Trinajstić information content (AvgIpc) is 1.87. The van der Waals surface area contributed by atoms with Gasteiger partial charge in [0.2, 0.25) is 0 Å². The molecular weight excluding hydrogens is 180 g/mol. The van der Waals surface area contributed by atoms with E-state index in [4.69, 9.17) is 0 Å². The van der Waals surface area contributed by atoms with Crippen LogP contribution in [0, 0.1) is 0 Å². The molecule has 50 valence electrons. The molecule has 3 heteroatoms. The fraction of sp³-hybridized carbons (Fsp3) is 0.333. The van der Waals surface area contributed by atoms with E-state index in [2.05, 4.69) is 32.6 Å². The monoisotopic (exact) mass is 188 g/mol. The van der Waals surface area contributed by atoms with Gasteiger partial charge in [0.05, 0.1) is 10.2 Å². The summed E-state index contributed by atoms with van der Waals surface area (Å²) >= 11 is 3.26. The van der Waals surface area contributed by atoms with Gasteiger partial charge < -0.3 is 0 Å². The van der Waals surface area contributed by atoms with E-state index < -0.39 is 0 Å². The van der Waals surface area contributed by atoms with E-state index in [1.807, 2.05) is 6.92 Å². The minimum Gasteiger partial charge on any atom is -0.295 e. The summed E-state index contributed by atoms with van der Waals surface area (Å²) < 4.78 is 0.875. The Labute approximate surface area is 63.5 Å². The predicted molar refractivity (Wildman–Crippen MR) is 45.6 cm³/mol. The number of hydrogen-bond donors (Lipinski definition) is 0. The Balaban J connectivity index is 4.27. The van der Waals surface area contributed by atoms with Gasteiger partial charge in [-0.3, -0.25) is 9.98 Å². The summed E-state index contributed by atoms with van der Waals surface area (Å²) in [5.74, 6) is 0. The number of hydrogen-bond acceptors (Lipinski definition) is 2. The maximum Gasteiger partial charge on any atom is 0.0565 e. The highest BCUT2D eigenvalue weighted by atomic mass is 79.9. The minimum absolute atomic E-state index is 0.848. The van der Waals surface area contributed by atoms with Crippen molar-refractivity contribution in [1.29, 1.82) is 0 Å². The fourth-order valence-electron chi connectivity index (χ4n) is 0.282. The first-order valence-electron chi connectivity index (χ1n) is 2.47. The molecular formula is C6H9BrN2. The average molecular weight is 189 g/mol. The molecule has 0 atom stereocenters. The van der Waals surface area contributed by atoms with E-state index in [0.29, 0.717) is 0 Å². The Morgan fingerprint density at radius 3 is 2.56 bits per heavy atom. The van der Waals surface area contributed by atoms with E-state index in [1.54, 1.807) is 13.3 Å². The Kier molecular flexibility index (Phi) is 4.22. The van der Waals surface area contributed by atoms with Crippen LogP contribution in [-0.2, 0) is 0 Å². The molecule has 0 aromatic rings. The van der Waals surface area contributed by atoms with Crippen molar-refractivity contribution < 1.29 is 0 Å². The number of allylic oxidation sites excluding steroid dienone is 2. The van der Waals surface area contributed by atoms with Gasteiger partial charge in [-0.1, -0.05) is 0 Å². The summed E-state index contributed by atoms with van der Waals surface area (Å²) in [6.07, 6.45) is 1.68. The van der Waals surface area contributed by atoms with Crippen molar-refractivity contribution in [2.24, 2.45) is 9.98 Å². The lowest BCUT2D eigenvalue weighted by atomic mass is 10.5. The minimum atomic E-state index is 0.848. The molecule has 0 fully saturated rings. The van der Waals surface area contributed by atoms with Crippen LogP contribution in [0.5, 0.6) is 0 Å². The highest BCUT2D eigenvalue weighted by molar-refractivity contribution is 9.12. The number of aliphatic imine (C=N–C) groups is 2. The normalized spacial score (nSPS) is 13.7. The van der Waals surface area contributed by atoms with E-state index >= 15 is 0 Å². The maximum atomic E-state index is 3.79. The summed E-state index contributed by atoms with van der Waals surface area (Å²) in [4.78, 5) is 7.49. The largest absolute Gasteiger partial charge is 0.295 e. The van der Waals surface area contributed by atoms with E-state index in [-0.39, 0.29) is 0 Å². The summed E-state index contributed by atoms with van der Waals surface area (Å²) in [6, 6.07) is 0. The van der Waals surface area contributed by atoms with Crippen molar-refractivity contribution in [1.82, 2.24) is 0 Å². The SMILES string of the molecule is C=N/C(C)=C(\Br)C=NC. The Morgan fingerprint density at radius 1 is 1.67 bits per heavy atom. The number of rotatable bonds is 2. The maximum absolute atomic E-state index is 3.79. The molecule has 0 unspecified atom stereocenters. The zero-order valence-corrected chi connectivity index (χ0v) is 7.14. The second-order valence-corrected chi connectivity index (χ2v) is 2.33. The van der Waals surface area contributed by atoms with Gasteiger partial charge in [-0.05, 0) is 29.6 Å². The lowest BCUT2D eigenvalue weighted by Crippen LogP contribution is -1.77. The van der Waals surface area contributed by atoms with Crippen LogP contribution in [0.4, 0.5) is 0 Å². The van der Waals surface area contributed by atoms with Gasteiger partial charge in [0.1, 0.15) is 0 Å². The summed E-state index contributed by atoms with van der Waals surface area (Å²) in [5.41, 5.74) is 0.848. The molecule has 0 aromatic heterocycles. The van der Waals surface area contributed by atoms with Crippen molar-refractivity contribution in [3.63, 3.8) is 0 Å². The number of nitrogens with zero attached hydrogens (tertiary/aromatic N) is 2. The lowest BCUT2D eigenvalue weighted by Gasteiger charge is -1.90. The molecule has 0 saturated carbocycles. The Hall–Kier alpha value is -0.440. The van der Waals surface area contributed by atoms with Crippen molar-refractivity contribution in [2.45, 2.75) is 6.92 Å². The molecule has 0 heterocycles. The van der Waals surface area contributed by atoms with Gasteiger partial charge in [0.25, 0.3) is 0 Å². The quantitative estimate of drug-likeness (QED) is 0.593. The van der Waals surface area contributed by atoms with Crippen molar-refractivity contribution in [2.75, 3.05) is 7.05 Å². The molecule has 0 aliphatic rings. The van der Waals surface area contributed by atoms with E-state index in [0.717, 1.165) is 10.2 Å². The van der Waals surface area contributed by atoms with Crippen LogP contribution in [0.2, 0.25) is 0 Å². The summed E-state index contributed by atoms with van der Waals surface area (Å²) in [6.45, 7) is 5.22. The van der Waals surface area contributed by atoms with E-state index in [1.165, 1.54) is 0 Å². The molecule has 0 bridgehead atoms. The summed E-state index contributed by atoms with van der Waals surface area (Å²) in [7, 11) is 1.71. The second-order valence-electron chi connectivity index (χ2n) is 1.48. The standard InChI is InChI=1S/C6H9BrN2/c1-5(9-3)6(7)4-8-2/h4H,3H2,1-2H3/b6-5-,8-4?. The predicted octanol–water partition coefficient (Wildman–Crippen LogP) is 2.01. The van der Waals surface area contributed by atoms with Crippen LogP contribution in [0.3, 0.4) is 0 Å². The zero-order valence-electron chi connectivity index (χ0n) is 5.56. The van der Waals surface area contributed by atoms with Gasteiger partial charge in [0.15, 0.2) is 0 Å². The summed E-state index contributed by atoms with van der Waals surface area (Å²) in [5, 5.41) is 0. The van der Waals surface area contributed by atoms with Crippen LogP contribution in [0.25, 0.3) is 0 Å². The molecule has 0 N–H and O–H groups in total. The van der Waals surface area contributed by atoms with Crippen molar-refractivity contribution in [3.8, 4) is 0 Å². The Bertz CT molecular complexity index is 158. The Morgan fingerprint density at radius 2 is 2.22 bits per heavy atom. The van der Waals surface area contributed by atoms with Crippen LogP contribution in [-0.4, -0.2) is 20.0 Å². The highest BCUT2D eigenvalue weighted by Gasteiger charge is 1.88. The zero-order chi connectivity index (χ0) is 7.28. The topological polar surface area (TPSA) is 24.7 Å². The van der Waals surface area contributed by atoms with Crippen LogP contribution >= 0.6 is 15.9 Å². The van der Waals surface area contributed by atoms with E-state index in [9.17, 15) is 0 Å². The van der Waals surface area contributed by atoms with Gasteiger partial charge in [0, 0.05) is 13.3 Å². The molecule has 9 heavy (non-hydrogen) atoms. The second kappa shape index (κ2) is 4.44. The molecule has 0 radical (unpaired) electrons. The molecule has 0 rings (SSSR count). The first-order valence-corrected chi connectivity index (χ1v) is 3.27. The van der Waals surface area contributed by atoms with Crippen LogP contribution in [0.15, 0.2) is 20.2 Å². The lowest BCUT2D eigenvalue weighted by molar-refractivity contribution is 1.33. The molecule has 0 aliphatic heterocycles. The van der Waals surface area contributed by atoms with Gasteiger partial charge in [-0.2, -0.15) is 0 Å². The van der Waals surface area contributed by atoms with Crippen LogP contribution < -0.4 is 0 Å². The van der Waals surface area contributed by atoms with Gasteiger partial charge in [-0.15, -0.1) is 0 Å². The van der Waals surface area contributed by atoms with Gasteiger partial charge >= 0.3 is 0 Å².